The number of hydrogen-bond acceptors (Lipinski definition) is 5. The van der Waals surface area contributed by atoms with Crippen LogP contribution < -0.4 is 0 Å². The van der Waals surface area contributed by atoms with Crippen molar-refractivity contribution >= 4 is 36.0 Å². The van der Waals surface area contributed by atoms with Crippen LogP contribution in [0.2, 0.25) is 0 Å². The minimum Gasteiger partial charge on any atom is -0.400 e. The molecule has 0 saturated carbocycles. The zero-order chi connectivity index (χ0) is 17.5. The van der Waals surface area contributed by atoms with Crippen molar-refractivity contribution in [2.45, 2.75) is 43.8 Å². The third kappa shape index (κ3) is 3.82. The highest BCUT2D eigenvalue weighted by atomic mass is 32.3. The van der Waals surface area contributed by atoms with Gasteiger partial charge in [0.05, 0.1) is 11.2 Å². The van der Waals surface area contributed by atoms with E-state index in [1.807, 2.05) is 27.7 Å². The topological polar surface area (TPSA) is 52.6 Å². The van der Waals surface area contributed by atoms with E-state index in [4.69, 9.17) is 9.31 Å². The summed E-state index contributed by atoms with van der Waals surface area (Å²) in [6.45, 7) is 7.68. The second-order valence-corrected chi connectivity index (χ2v) is 8.07. The molecule has 8 heteroatoms. The second-order valence-electron chi connectivity index (χ2n) is 6.44. The van der Waals surface area contributed by atoms with E-state index < -0.39 is 28.5 Å². The SMILES string of the molecule is CC1(C)OB(C(=Cc2ccccc2S(=O)(=O)F)CS)OC1(C)C. The lowest BCUT2D eigenvalue weighted by Crippen LogP contribution is -2.41. The molecule has 1 aliphatic rings. The molecule has 0 aromatic heterocycles. The number of benzene rings is 1. The molecule has 0 bridgehead atoms. The molecular weight excluding hydrogens is 338 g/mol. The Bertz CT molecular complexity index is 713. The first kappa shape index (κ1) is 18.5. The molecule has 0 unspecified atom stereocenters. The normalized spacial score (nSPS) is 20.8. The molecule has 0 atom stereocenters. The van der Waals surface area contributed by atoms with Crippen molar-refractivity contribution in [3.8, 4) is 0 Å². The first-order valence-corrected chi connectivity index (χ1v) is 9.20. The lowest BCUT2D eigenvalue weighted by molar-refractivity contribution is 0.00578. The molecule has 1 heterocycles. The van der Waals surface area contributed by atoms with Gasteiger partial charge in [0.1, 0.15) is 4.90 Å². The monoisotopic (exact) mass is 358 g/mol. The molecule has 0 spiro atoms. The van der Waals surface area contributed by atoms with Crippen LogP contribution in [0.1, 0.15) is 33.3 Å². The smallest absolute Gasteiger partial charge is 0.400 e. The number of halogens is 1. The van der Waals surface area contributed by atoms with Crippen LogP contribution in [0.4, 0.5) is 3.89 Å². The van der Waals surface area contributed by atoms with Gasteiger partial charge >= 0.3 is 17.3 Å². The van der Waals surface area contributed by atoms with E-state index in [0.29, 0.717) is 5.47 Å². The van der Waals surface area contributed by atoms with Crippen LogP contribution in [0.25, 0.3) is 6.08 Å². The highest BCUT2D eigenvalue weighted by Crippen LogP contribution is 2.39. The molecule has 1 saturated heterocycles. The molecule has 0 N–H and O–H groups in total. The summed E-state index contributed by atoms with van der Waals surface area (Å²) in [6.07, 6.45) is 1.56. The quantitative estimate of drug-likeness (QED) is 0.510. The van der Waals surface area contributed by atoms with Crippen LogP contribution in [0.5, 0.6) is 0 Å². The van der Waals surface area contributed by atoms with E-state index in [-0.39, 0.29) is 16.2 Å². The maximum atomic E-state index is 13.4. The minimum atomic E-state index is -4.81. The summed E-state index contributed by atoms with van der Waals surface area (Å²) in [7, 11) is -5.47. The van der Waals surface area contributed by atoms with Crippen molar-refractivity contribution in [2.24, 2.45) is 0 Å². The highest BCUT2D eigenvalue weighted by Gasteiger charge is 2.52. The van der Waals surface area contributed by atoms with Gasteiger partial charge in [-0.15, -0.1) is 3.89 Å². The lowest BCUT2D eigenvalue weighted by Gasteiger charge is -2.32. The molecule has 1 aliphatic heterocycles. The molecule has 0 amide bonds. The first-order valence-electron chi connectivity index (χ1n) is 7.18. The van der Waals surface area contributed by atoms with E-state index >= 15 is 0 Å². The van der Waals surface area contributed by atoms with Gasteiger partial charge in [-0.3, -0.25) is 0 Å². The molecule has 0 aliphatic carbocycles. The van der Waals surface area contributed by atoms with Gasteiger partial charge in [0.2, 0.25) is 0 Å². The minimum absolute atomic E-state index is 0.244. The van der Waals surface area contributed by atoms with E-state index in [0.717, 1.165) is 0 Å². The van der Waals surface area contributed by atoms with E-state index in [1.54, 1.807) is 12.1 Å². The van der Waals surface area contributed by atoms with Gasteiger partial charge in [0.25, 0.3) is 0 Å². The fourth-order valence-electron chi connectivity index (χ4n) is 2.20. The molecule has 1 fully saturated rings. The Morgan fingerprint density at radius 3 is 2.22 bits per heavy atom. The Hall–Kier alpha value is -0.825. The summed E-state index contributed by atoms with van der Waals surface area (Å²) >= 11 is 4.27. The predicted octanol–water partition coefficient (Wildman–Crippen LogP) is 3.29. The highest BCUT2D eigenvalue weighted by molar-refractivity contribution is 7.86. The summed E-state index contributed by atoms with van der Waals surface area (Å²) in [4.78, 5) is -0.379. The summed E-state index contributed by atoms with van der Waals surface area (Å²) in [5, 5.41) is 0. The maximum absolute atomic E-state index is 13.4. The van der Waals surface area contributed by atoms with E-state index in [2.05, 4.69) is 12.6 Å². The zero-order valence-electron chi connectivity index (χ0n) is 13.5. The summed E-state index contributed by atoms with van der Waals surface area (Å²) < 4.78 is 47.8. The Labute approximate surface area is 142 Å². The standard InChI is InChI=1S/C15H20BFO4S2/c1-14(2)15(3,4)21-16(20-14)12(10-22)9-11-7-5-6-8-13(11)23(17,18)19/h5-9,22H,10H2,1-4H3. The molecule has 126 valence electrons. The van der Waals surface area contributed by atoms with E-state index in [9.17, 15) is 12.3 Å². The Balaban J connectivity index is 2.43. The maximum Gasteiger partial charge on any atom is 0.491 e. The number of hydrogen-bond donors (Lipinski definition) is 1. The van der Waals surface area contributed by atoms with Crippen molar-refractivity contribution in [2.75, 3.05) is 5.75 Å². The Morgan fingerprint density at radius 1 is 1.22 bits per heavy atom. The molecule has 2 rings (SSSR count). The Kier molecular flexibility index (Phi) is 5.02. The molecule has 23 heavy (non-hydrogen) atoms. The van der Waals surface area contributed by atoms with Crippen molar-refractivity contribution in [1.29, 1.82) is 0 Å². The second kappa shape index (κ2) is 6.24. The van der Waals surface area contributed by atoms with Gasteiger partial charge in [-0.05, 0) is 44.8 Å². The summed E-state index contributed by atoms with van der Waals surface area (Å²) in [5.74, 6) is 0.289. The average molecular weight is 358 g/mol. The molecular formula is C15H20BFO4S2. The lowest BCUT2D eigenvalue weighted by atomic mass is 9.78. The van der Waals surface area contributed by atoms with Gasteiger partial charge in [-0.2, -0.15) is 21.0 Å². The summed E-state index contributed by atoms with van der Waals surface area (Å²) in [5.41, 5.74) is -0.173. The van der Waals surface area contributed by atoms with Crippen LogP contribution in [-0.4, -0.2) is 32.5 Å². The largest absolute Gasteiger partial charge is 0.491 e. The first-order chi connectivity index (χ1) is 10.5. The average Bonchev–Trinajstić information content (AvgIpc) is 2.64. The summed E-state index contributed by atoms with van der Waals surface area (Å²) in [6, 6.07) is 5.86. The van der Waals surface area contributed by atoms with Crippen LogP contribution >= 0.6 is 12.6 Å². The van der Waals surface area contributed by atoms with Crippen molar-refractivity contribution in [1.82, 2.24) is 0 Å². The molecule has 0 radical (unpaired) electrons. The fraction of sp³-hybridized carbons (Fsp3) is 0.467. The van der Waals surface area contributed by atoms with Crippen LogP contribution in [0.3, 0.4) is 0 Å². The third-order valence-corrected chi connectivity index (χ3v) is 5.52. The predicted molar refractivity (Wildman–Crippen MR) is 92.6 cm³/mol. The van der Waals surface area contributed by atoms with Gasteiger partial charge in [-0.1, -0.05) is 24.3 Å². The number of rotatable bonds is 4. The van der Waals surface area contributed by atoms with Crippen LogP contribution in [0.15, 0.2) is 34.6 Å². The van der Waals surface area contributed by atoms with Crippen LogP contribution in [0, 0.1) is 0 Å². The fourth-order valence-corrected chi connectivity index (χ4v) is 3.09. The van der Waals surface area contributed by atoms with E-state index in [1.165, 1.54) is 18.2 Å². The van der Waals surface area contributed by atoms with Gasteiger partial charge < -0.3 is 9.31 Å². The van der Waals surface area contributed by atoms with Crippen molar-refractivity contribution in [3.63, 3.8) is 0 Å². The van der Waals surface area contributed by atoms with Gasteiger partial charge in [0, 0.05) is 5.75 Å². The third-order valence-electron chi connectivity index (χ3n) is 4.26. The van der Waals surface area contributed by atoms with Gasteiger partial charge in [0.15, 0.2) is 0 Å². The number of thiol groups is 1. The van der Waals surface area contributed by atoms with Crippen molar-refractivity contribution < 1.29 is 21.6 Å². The Morgan fingerprint density at radius 2 is 1.74 bits per heavy atom. The van der Waals surface area contributed by atoms with Gasteiger partial charge in [-0.25, -0.2) is 0 Å². The molecule has 1 aromatic carbocycles. The van der Waals surface area contributed by atoms with Crippen molar-refractivity contribution in [3.05, 3.63) is 35.3 Å². The van der Waals surface area contributed by atoms with Crippen LogP contribution in [-0.2, 0) is 19.5 Å². The zero-order valence-corrected chi connectivity index (χ0v) is 15.2. The molecule has 1 aromatic rings. The molecule has 4 nitrogen and oxygen atoms in total.